The second-order valence-electron chi connectivity index (χ2n) is 6.95. The highest BCUT2D eigenvalue weighted by molar-refractivity contribution is 5.28. The molecule has 0 bridgehead atoms. The van der Waals surface area contributed by atoms with Gasteiger partial charge in [0, 0.05) is 18.6 Å². The summed E-state index contributed by atoms with van der Waals surface area (Å²) in [5.74, 6) is 6.26. The van der Waals surface area contributed by atoms with Crippen LogP contribution in [0, 0.1) is 5.92 Å². The number of hydrogen-bond donors (Lipinski definition) is 2. The lowest BCUT2D eigenvalue weighted by molar-refractivity contribution is 0.0954. The first-order valence-corrected chi connectivity index (χ1v) is 7.59. The van der Waals surface area contributed by atoms with Crippen LogP contribution in [0.2, 0.25) is 0 Å². The highest BCUT2D eigenvalue weighted by Crippen LogP contribution is 2.27. The normalized spacial score (nSPS) is 24.9. The molecule has 2 rings (SSSR count). The molecule has 1 fully saturated rings. The molecule has 1 aromatic rings. The second-order valence-corrected chi connectivity index (χ2v) is 6.95. The molecule has 0 saturated carbocycles. The van der Waals surface area contributed by atoms with Crippen LogP contribution in [-0.4, -0.2) is 18.8 Å². The van der Waals surface area contributed by atoms with Gasteiger partial charge in [-0.25, -0.2) is 0 Å². The van der Waals surface area contributed by atoms with E-state index in [0.717, 1.165) is 19.4 Å². The van der Waals surface area contributed by atoms with E-state index in [4.69, 9.17) is 10.6 Å². The maximum absolute atomic E-state index is 5.76. The number of nitrogens with one attached hydrogen (secondary N) is 1. The number of ether oxygens (including phenoxy) is 1. The molecule has 0 aromatic heterocycles. The molecular formula is C17H28N2O. The van der Waals surface area contributed by atoms with Crippen LogP contribution in [0.25, 0.3) is 0 Å². The van der Waals surface area contributed by atoms with Gasteiger partial charge in [-0.2, -0.15) is 0 Å². The van der Waals surface area contributed by atoms with E-state index in [1.807, 2.05) is 0 Å². The van der Waals surface area contributed by atoms with Crippen molar-refractivity contribution in [2.24, 2.45) is 11.8 Å². The van der Waals surface area contributed by atoms with Crippen molar-refractivity contribution in [2.75, 3.05) is 6.61 Å². The zero-order chi connectivity index (χ0) is 14.8. The standard InChI is InChI=1S/C17H28N2O/c1-12-15(9-10-20-12)16(19-18)11-13-5-7-14(8-6-13)17(2,3)4/h5-8,12,15-16,19H,9-11,18H2,1-4H3. The third kappa shape index (κ3) is 3.60. The minimum atomic E-state index is 0.206. The van der Waals surface area contributed by atoms with Crippen LogP contribution in [0.5, 0.6) is 0 Å². The first-order chi connectivity index (χ1) is 9.41. The smallest absolute Gasteiger partial charge is 0.0591 e. The third-order valence-corrected chi connectivity index (χ3v) is 4.44. The van der Waals surface area contributed by atoms with E-state index in [0.29, 0.717) is 12.0 Å². The summed E-state index contributed by atoms with van der Waals surface area (Å²) in [4.78, 5) is 0. The van der Waals surface area contributed by atoms with Gasteiger partial charge in [-0.05, 0) is 36.3 Å². The summed E-state index contributed by atoms with van der Waals surface area (Å²) in [5.41, 5.74) is 5.90. The van der Waals surface area contributed by atoms with Crippen LogP contribution in [0.15, 0.2) is 24.3 Å². The van der Waals surface area contributed by atoms with Gasteiger partial charge in [0.15, 0.2) is 0 Å². The Balaban J connectivity index is 2.04. The fraction of sp³-hybridized carbons (Fsp3) is 0.647. The van der Waals surface area contributed by atoms with Gasteiger partial charge in [-0.3, -0.25) is 11.3 Å². The molecule has 0 radical (unpaired) electrons. The molecule has 3 heteroatoms. The van der Waals surface area contributed by atoms with Crippen molar-refractivity contribution in [3.05, 3.63) is 35.4 Å². The Kier molecular flexibility index (Phi) is 4.84. The van der Waals surface area contributed by atoms with Gasteiger partial charge in [0.05, 0.1) is 6.10 Å². The van der Waals surface area contributed by atoms with Crippen molar-refractivity contribution in [2.45, 2.75) is 58.1 Å². The highest BCUT2D eigenvalue weighted by Gasteiger charge is 2.31. The van der Waals surface area contributed by atoms with Gasteiger partial charge in [-0.15, -0.1) is 0 Å². The predicted molar refractivity (Wildman–Crippen MR) is 83.5 cm³/mol. The van der Waals surface area contributed by atoms with Gasteiger partial charge in [0.1, 0.15) is 0 Å². The Hall–Kier alpha value is -0.900. The van der Waals surface area contributed by atoms with Gasteiger partial charge >= 0.3 is 0 Å². The van der Waals surface area contributed by atoms with E-state index in [9.17, 15) is 0 Å². The predicted octanol–water partition coefficient (Wildman–Crippen LogP) is 2.78. The molecule has 1 saturated heterocycles. The molecule has 1 aromatic carbocycles. The van der Waals surface area contributed by atoms with Crippen LogP contribution in [0.4, 0.5) is 0 Å². The van der Waals surface area contributed by atoms with Crippen molar-refractivity contribution < 1.29 is 4.74 Å². The minimum absolute atomic E-state index is 0.206. The van der Waals surface area contributed by atoms with Crippen molar-refractivity contribution in [3.8, 4) is 0 Å². The van der Waals surface area contributed by atoms with Gasteiger partial charge < -0.3 is 4.74 Å². The molecular weight excluding hydrogens is 248 g/mol. The number of hydrogen-bond acceptors (Lipinski definition) is 3. The first-order valence-electron chi connectivity index (χ1n) is 7.59. The largest absolute Gasteiger partial charge is 0.378 e. The summed E-state index contributed by atoms with van der Waals surface area (Å²) < 4.78 is 5.65. The summed E-state index contributed by atoms with van der Waals surface area (Å²) in [6, 6.07) is 9.21. The van der Waals surface area contributed by atoms with Gasteiger partial charge in [0.2, 0.25) is 0 Å². The molecule has 20 heavy (non-hydrogen) atoms. The maximum Gasteiger partial charge on any atom is 0.0591 e. The summed E-state index contributed by atoms with van der Waals surface area (Å²) in [6.07, 6.45) is 2.35. The number of nitrogens with two attached hydrogens (primary N) is 1. The highest BCUT2D eigenvalue weighted by atomic mass is 16.5. The maximum atomic E-state index is 5.76. The molecule has 0 aliphatic carbocycles. The van der Waals surface area contributed by atoms with E-state index in [-0.39, 0.29) is 11.5 Å². The van der Waals surface area contributed by atoms with E-state index < -0.39 is 0 Å². The molecule has 3 N–H and O–H groups in total. The Labute approximate surface area is 122 Å². The minimum Gasteiger partial charge on any atom is -0.378 e. The van der Waals surface area contributed by atoms with Gasteiger partial charge in [0.25, 0.3) is 0 Å². The van der Waals surface area contributed by atoms with Crippen molar-refractivity contribution >= 4 is 0 Å². The Morgan fingerprint density at radius 2 is 1.95 bits per heavy atom. The lowest BCUT2D eigenvalue weighted by Crippen LogP contribution is -2.44. The lowest BCUT2D eigenvalue weighted by atomic mass is 9.85. The van der Waals surface area contributed by atoms with Crippen LogP contribution < -0.4 is 11.3 Å². The van der Waals surface area contributed by atoms with Crippen LogP contribution in [-0.2, 0) is 16.6 Å². The summed E-state index contributed by atoms with van der Waals surface area (Å²) in [7, 11) is 0. The molecule has 3 unspecified atom stereocenters. The quantitative estimate of drug-likeness (QED) is 0.656. The molecule has 112 valence electrons. The number of benzene rings is 1. The average Bonchev–Trinajstić information content (AvgIpc) is 2.82. The number of hydrazine groups is 1. The zero-order valence-corrected chi connectivity index (χ0v) is 13.1. The molecule has 3 nitrogen and oxygen atoms in total. The molecule has 0 spiro atoms. The Morgan fingerprint density at radius 1 is 1.30 bits per heavy atom. The summed E-state index contributed by atoms with van der Waals surface area (Å²) in [5, 5.41) is 0. The van der Waals surface area contributed by atoms with Crippen LogP contribution in [0.1, 0.15) is 45.2 Å². The Morgan fingerprint density at radius 3 is 2.40 bits per heavy atom. The Bertz CT molecular complexity index is 422. The summed E-state index contributed by atoms with van der Waals surface area (Å²) >= 11 is 0. The van der Waals surface area contributed by atoms with Gasteiger partial charge in [-0.1, -0.05) is 45.0 Å². The van der Waals surface area contributed by atoms with Crippen molar-refractivity contribution in [1.82, 2.24) is 5.43 Å². The zero-order valence-electron chi connectivity index (χ0n) is 13.1. The van der Waals surface area contributed by atoms with E-state index in [1.165, 1.54) is 11.1 Å². The molecule has 1 heterocycles. The first kappa shape index (κ1) is 15.5. The SMILES string of the molecule is CC1OCCC1C(Cc1ccc(C(C)(C)C)cc1)NN. The van der Waals surface area contributed by atoms with E-state index in [2.05, 4.69) is 57.4 Å². The topological polar surface area (TPSA) is 47.3 Å². The summed E-state index contributed by atoms with van der Waals surface area (Å²) in [6.45, 7) is 9.72. The molecule has 3 atom stereocenters. The monoisotopic (exact) mass is 276 g/mol. The van der Waals surface area contributed by atoms with Crippen molar-refractivity contribution in [1.29, 1.82) is 0 Å². The molecule has 1 aliphatic rings. The number of rotatable bonds is 4. The second kappa shape index (κ2) is 6.25. The fourth-order valence-corrected chi connectivity index (χ4v) is 3.01. The fourth-order valence-electron chi connectivity index (χ4n) is 3.01. The van der Waals surface area contributed by atoms with Crippen molar-refractivity contribution in [3.63, 3.8) is 0 Å². The van der Waals surface area contributed by atoms with E-state index >= 15 is 0 Å². The van der Waals surface area contributed by atoms with E-state index in [1.54, 1.807) is 0 Å². The lowest BCUT2D eigenvalue weighted by Gasteiger charge is -2.25. The average molecular weight is 276 g/mol. The van der Waals surface area contributed by atoms with Crippen LogP contribution in [0.3, 0.4) is 0 Å². The third-order valence-electron chi connectivity index (χ3n) is 4.44. The molecule has 1 aliphatic heterocycles. The van der Waals surface area contributed by atoms with Crippen LogP contribution >= 0.6 is 0 Å². The molecule has 0 amide bonds.